The molecule has 4 heteroatoms. The molecule has 1 aromatic rings. The molecule has 0 spiro atoms. The van der Waals surface area contributed by atoms with Gasteiger partial charge in [-0.25, -0.2) is 0 Å². The van der Waals surface area contributed by atoms with Crippen molar-refractivity contribution in [3.05, 3.63) is 40.9 Å². The van der Waals surface area contributed by atoms with Crippen LogP contribution in [0.4, 0.5) is 0 Å². The van der Waals surface area contributed by atoms with E-state index in [-0.39, 0.29) is 5.91 Å². The van der Waals surface area contributed by atoms with Gasteiger partial charge in [0.2, 0.25) is 5.91 Å². The molecule has 1 N–H and O–H groups in total. The fraction of sp³-hybridized carbons (Fsp3) is 0.400. The Balaban J connectivity index is 2.29. The Morgan fingerprint density at radius 2 is 2.32 bits per heavy atom. The Bertz CT molecular complexity index is 432. The number of ether oxygens (including phenoxy) is 1. The molecule has 1 amide bonds. The quantitative estimate of drug-likeness (QED) is 0.587. The van der Waals surface area contributed by atoms with E-state index in [1.807, 2.05) is 6.07 Å². The number of nitrogens with one attached hydrogen (secondary N) is 1. The van der Waals surface area contributed by atoms with Gasteiger partial charge in [0, 0.05) is 13.0 Å². The Morgan fingerprint density at radius 3 is 2.95 bits per heavy atom. The van der Waals surface area contributed by atoms with E-state index >= 15 is 0 Å². The van der Waals surface area contributed by atoms with Crippen LogP contribution in [0.2, 0.25) is 0 Å². The van der Waals surface area contributed by atoms with E-state index in [1.54, 1.807) is 6.08 Å². The molecule has 0 radical (unpaired) electrons. The number of carbonyl (C=O) groups excluding carboxylic acids is 1. The highest BCUT2D eigenvalue weighted by Crippen LogP contribution is 2.26. The second kappa shape index (κ2) is 8.75. The highest BCUT2D eigenvalue weighted by molar-refractivity contribution is 9.10. The Hall–Kier alpha value is -1.29. The summed E-state index contributed by atoms with van der Waals surface area (Å²) >= 11 is 3.49. The summed E-state index contributed by atoms with van der Waals surface area (Å²) in [7, 11) is 0. The normalized spacial score (nSPS) is 10.0. The fourth-order valence-electron chi connectivity index (χ4n) is 1.57. The monoisotopic (exact) mass is 325 g/mol. The van der Waals surface area contributed by atoms with Crippen molar-refractivity contribution in [2.75, 3.05) is 13.2 Å². The summed E-state index contributed by atoms with van der Waals surface area (Å²) in [5.74, 6) is 0.854. The molecule has 0 saturated heterocycles. The third kappa shape index (κ3) is 5.92. The highest BCUT2D eigenvalue weighted by Gasteiger charge is 2.03. The Morgan fingerprint density at radius 1 is 1.53 bits per heavy atom. The predicted molar refractivity (Wildman–Crippen MR) is 81.5 cm³/mol. The average Bonchev–Trinajstić information content (AvgIpc) is 2.42. The van der Waals surface area contributed by atoms with Gasteiger partial charge in [-0.15, -0.1) is 6.58 Å². The van der Waals surface area contributed by atoms with Crippen LogP contribution in [-0.2, 0) is 11.2 Å². The second-order valence-electron chi connectivity index (χ2n) is 4.16. The Kier molecular flexibility index (Phi) is 7.26. The summed E-state index contributed by atoms with van der Waals surface area (Å²) in [4.78, 5) is 11.3. The zero-order chi connectivity index (χ0) is 14.1. The number of halogens is 1. The molecule has 0 saturated carbocycles. The van der Waals surface area contributed by atoms with E-state index in [9.17, 15) is 4.79 Å². The van der Waals surface area contributed by atoms with Gasteiger partial charge in [-0.2, -0.15) is 0 Å². The van der Waals surface area contributed by atoms with Crippen LogP contribution in [-0.4, -0.2) is 19.1 Å². The van der Waals surface area contributed by atoms with E-state index in [0.717, 1.165) is 16.6 Å². The van der Waals surface area contributed by atoms with Crippen LogP contribution in [0.5, 0.6) is 5.75 Å². The number of carbonyl (C=O) groups is 1. The van der Waals surface area contributed by atoms with E-state index in [0.29, 0.717) is 26.0 Å². The van der Waals surface area contributed by atoms with E-state index in [4.69, 9.17) is 4.74 Å². The average molecular weight is 326 g/mol. The lowest BCUT2D eigenvalue weighted by molar-refractivity contribution is -0.121. The van der Waals surface area contributed by atoms with Gasteiger partial charge in [0.15, 0.2) is 0 Å². The van der Waals surface area contributed by atoms with Gasteiger partial charge < -0.3 is 10.1 Å². The molecule has 0 atom stereocenters. The van der Waals surface area contributed by atoms with Gasteiger partial charge in [-0.1, -0.05) is 19.1 Å². The molecule has 3 nitrogen and oxygen atoms in total. The van der Waals surface area contributed by atoms with Gasteiger partial charge in [-0.05, 0) is 46.5 Å². The number of benzene rings is 1. The van der Waals surface area contributed by atoms with Gasteiger partial charge >= 0.3 is 0 Å². The molecule has 104 valence electrons. The summed E-state index contributed by atoms with van der Waals surface area (Å²) in [5.41, 5.74) is 1.27. The lowest BCUT2D eigenvalue weighted by atomic mass is 10.2. The lowest BCUT2D eigenvalue weighted by Crippen LogP contribution is -2.23. The standard InChI is InChI=1S/C15H20BrNO2/c1-3-9-17-15(18)6-5-10-19-14-8-7-12(4-2)11-13(14)16/h3,7-8,11H,1,4-6,9-10H2,2H3,(H,17,18). The van der Waals surface area contributed by atoms with Crippen LogP contribution in [0.15, 0.2) is 35.3 Å². The van der Waals surface area contributed by atoms with Crippen LogP contribution in [0, 0.1) is 0 Å². The molecular weight excluding hydrogens is 306 g/mol. The van der Waals surface area contributed by atoms with Crippen LogP contribution in [0.1, 0.15) is 25.3 Å². The molecule has 19 heavy (non-hydrogen) atoms. The van der Waals surface area contributed by atoms with Crippen molar-refractivity contribution in [1.29, 1.82) is 0 Å². The fourth-order valence-corrected chi connectivity index (χ4v) is 2.11. The number of hydrogen-bond donors (Lipinski definition) is 1. The first-order chi connectivity index (χ1) is 9.17. The molecule has 0 fully saturated rings. The molecule has 0 aliphatic rings. The van der Waals surface area contributed by atoms with Crippen LogP contribution < -0.4 is 10.1 Å². The number of hydrogen-bond acceptors (Lipinski definition) is 2. The maximum Gasteiger partial charge on any atom is 0.220 e. The van der Waals surface area contributed by atoms with Crippen molar-refractivity contribution >= 4 is 21.8 Å². The molecular formula is C15H20BrNO2. The van der Waals surface area contributed by atoms with Gasteiger partial charge in [0.25, 0.3) is 0 Å². The van der Waals surface area contributed by atoms with Gasteiger partial charge in [-0.3, -0.25) is 4.79 Å². The third-order valence-electron chi connectivity index (χ3n) is 2.65. The van der Waals surface area contributed by atoms with Crippen molar-refractivity contribution in [3.63, 3.8) is 0 Å². The summed E-state index contributed by atoms with van der Waals surface area (Å²) in [6.45, 7) is 6.71. The minimum Gasteiger partial charge on any atom is -0.492 e. The number of rotatable bonds is 8. The SMILES string of the molecule is C=CCNC(=O)CCCOc1ccc(CC)cc1Br. The van der Waals surface area contributed by atoms with E-state index in [1.165, 1.54) is 5.56 Å². The zero-order valence-electron chi connectivity index (χ0n) is 11.2. The maximum absolute atomic E-state index is 11.3. The van der Waals surface area contributed by atoms with Crippen LogP contribution in [0.25, 0.3) is 0 Å². The minimum atomic E-state index is 0.0314. The maximum atomic E-state index is 11.3. The first-order valence-electron chi connectivity index (χ1n) is 6.46. The topological polar surface area (TPSA) is 38.3 Å². The zero-order valence-corrected chi connectivity index (χ0v) is 12.8. The van der Waals surface area contributed by atoms with Crippen molar-refractivity contribution in [3.8, 4) is 5.75 Å². The van der Waals surface area contributed by atoms with Gasteiger partial charge in [0.05, 0.1) is 11.1 Å². The molecule has 0 aliphatic carbocycles. The smallest absolute Gasteiger partial charge is 0.220 e. The summed E-state index contributed by atoms with van der Waals surface area (Å²) in [6.07, 6.45) is 3.84. The lowest BCUT2D eigenvalue weighted by Gasteiger charge is -2.09. The van der Waals surface area contributed by atoms with Crippen molar-refractivity contribution in [1.82, 2.24) is 5.32 Å². The van der Waals surface area contributed by atoms with Crippen molar-refractivity contribution in [2.24, 2.45) is 0 Å². The van der Waals surface area contributed by atoms with E-state index in [2.05, 4.69) is 46.9 Å². The molecule has 0 aromatic heterocycles. The molecule has 0 bridgehead atoms. The molecule has 1 rings (SSSR count). The van der Waals surface area contributed by atoms with Crippen LogP contribution >= 0.6 is 15.9 Å². The molecule has 1 aromatic carbocycles. The Labute approximate surface area is 123 Å². The number of amides is 1. The minimum absolute atomic E-state index is 0.0314. The first-order valence-corrected chi connectivity index (χ1v) is 7.25. The largest absolute Gasteiger partial charge is 0.492 e. The molecule has 0 unspecified atom stereocenters. The summed E-state index contributed by atoms with van der Waals surface area (Å²) in [5, 5.41) is 2.74. The third-order valence-corrected chi connectivity index (χ3v) is 3.27. The van der Waals surface area contributed by atoms with Crippen molar-refractivity contribution < 1.29 is 9.53 Å². The highest BCUT2D eigenvalue weighted by atomic mass is 79.9. The van der Waals surface area contributed by atoms with Gasteiger partial charge in [0.1, 0.15) is 5.75 Å². The summed E-state index contributed by atoms with van der Waals surface area (Å²) < 4.78 is 6.61. The molecule has 0 aliphatic heterocycles. The first kappa shape index (κ1) is 15.8. The molecule has 0 heterocycles. The van der Waals surface area contributed by atoms with Crippen LogP contribution in [0.3, 0.4) is 0 Å². The predicted octanol–water partition coefficient (Wildman–Crippen LogP) is 3.47. The summed E-state index contributed by atoms with van der Waals surface area (Å²) in [6, 6.07) is 6.07. The second-order valence-corrected chi connectivity index (χ2v) is 5.02. The van der Waals surface area contributed by atoms with E-state index < -0.39 is 0 Å². The van der Waals surface area contributed by atoms with Crippen molar-refractivity contribution in [2.45, 2.75) is 26.2 Å². The number of aryl methyl sites for hydroxylation is 1.